The highest BCUT2D eigenvalue weighted by atomic mass is 32.2. The van der Waals surface area contributed by atoms with Gasteiger partial charge in [-0.1, -0.05) is 18.7 Å². The molecule has 1 N–H and O–H groups in total. The molecule has 1 atom stereocenters. The van der Waals surface area contributed by atoms with Gasteiger partial charge in [0.25, 0.3) is 5.56 Å². The molecule has 0 aliphatic heterocycles. The Kier molecular flexibility index (Phi) is 3.93. The molecule has 8 heteroatoms. The lowest BCUT2D eigenvalue weighted by Crippen LogP contribution is -2.14. The monoisotopic (exact) mass is 387 g/mol. The van der Waals surface area contributed by atoms with Crippen LogP contribution in [0.5, 0.6) is 0 Å². The second-order valence-corrected chi connectivity index (χ2v) is 9.49. The quantitative estimate of drug-likeness (QED) is 0.692. The number of thiophene rings is 1. The normalized spacial score (nSPS) is 19.8. The highest BCUT2D eigenvalue weighted by molar-refractivity contribution is 7.98. The van der Waals surface area contributed by atoms with Crippen LogP contribution in [0.1, 0.15) is 54.3 Å². The predicted octanol–water partition coefficient (Wildman–Crippen LogP) is 3.64. The van der Waals surface area contributed by atoms with Crippen molar-refractivity contribution in [3.63, 3.8) is 0 Å². The van der Waals surface area contributed by atoms with Gasteiger partial charge in [0.1, 0.15) is 16.5 Å². The standard InChI is InChI=1S/C18H21N5OS2/c1-9-3-6-12-13(7-9)26-17-15(12)16(24)19-14(20-17)8-25-18-22-21-10(2)23(18)11-4-5-11/h9,11H,3-8H2,1-2H3,(H,19,20,24)/t9-/m0/s1. The van der Waals surface area contributed by atoms with Crippen LogP contribution in [-0.2, 0) is 18.6 Å². The Morgan fingerprint density at radius 2 is 2.15 bits per heavy atom. The maximum Gasteiger partial charge on any atom is 0.259 e. The summed E-state index contributed by atoms with van der Waals surface area (Å²) in [5.74, 6) is 2.99. The summed E-state index contributed by atoms with van der Waals surface area (Å²) in [6, 6.07) is 0.549. The van der Waals surface area contributed by atoms with E-state index in [0.717, 1.165) is 46.3 Å². The van der Waals surface area contributed by atoms with Crippen molar-refractivity contribution in [1.29, 1.82) is 0 Å². The minimum Gasteiger partial charge on any atom is -0.309 e. The molecular formula is C18H21N5OS2. The van der Waals surface area contributed by atoms with Gasteiger partial charge < -0.3 is 9.55 Å². The van der Waals surface area contributed by atoms with E-state index >= 15 is 0 Å². The summed E-state index contributed by atoms with van der Waals surface area (Å²) in [6.07, 6.45) is 5.63. The molecule has 1 fully saturated rings. The number of nitrogens with one attached hydrogen (secondary N) is 1. The van der Waals surface area contributed by atoms with Gasteiger partial charge in [0.05, 0.1) is 11.1 Å². The molecule has 1 saturated carbocycles. The second-order valence-electron chi connectivity index (χ2n) is 7.46. The van der Waals surface area contributed by atoms with Gasteiger partial charge in [-0.3, -0.25) is 4.79 Å². The van der Waals surface area contributed by atoms with Gasteiger partial charge in [-0.2, -0.15) is 0 Å². The molecular weight excluding hydrogens is 366 g/mol. The van der Waals surface area contributed by atoms with E-state index in [9.17, 15) is 4.79 Å². The van der Waals surface area contributed by atoms with E-state index in [-0.39, 0.29) is 5.56 Å². The van der Waals surface area contributed by atoms with Gasteiger partial charge in [0.15, 0.2) is 5.16 Å². The first-order chi connectivity index (χ1) is 12.6. The number of nitrogens with zero attached hydrogens (tertiary/aromatic N) is 4. The molecule has 26 heavy (non-hydrogen) atoms. The zero-order valence-corrected chi connectivity index (χ0v) is 16.5. The number of thioether (sulfide) groups is 1. The van der Waals surface area contributed by atoms with Crippen molar-refractivity contribution in [3.8, 4) is 0 Å². The highest BCUT2D eigenvalue weighted by Gasteiger charge is 2.28. The summed E-state index contributed by atoms with van der Waals surface area (Å²) in [5.41, 5.74) is 1.25. The molecule has 0 radical (unpaired) electrons. The van der Waals surface area contributed by atoms with Gasteiger partial charge in [-0.15, -0.1) is 21.5 Å². The molecule has 3 aromatic heterocycles. The van der Waals surface area contributed by atoms with Crippen LogP contribution >= 0.6 is 23.1 Å². The first-order valence-corrected chi connectivity index (χ1v) is 11.0. The van der Waals surface area contributed by atoms with Crippen molar-refractivity contribution in [3.05, 3.63) is 32.4 Å². The fourth-order valence-electron chi connectivity index (χ4n) is 3.80. The number of hydrogen-bond donors (Lipinski definition) is 1. The lowest BCUT2D eigenvalue weighted by molar-refractivity contribution is 0.509. The third-order valence-corrected chi connectivity index (χ3v) is 7.40. The molecule has 0 spiro atoms. The number of aromatic amines is 1. The van der Waals surface area contributed by atoms with Crippen LogP contribution in [0.25, 0.3) is 10.2 Å². The molecule has 2 aliphatic rings. The van der Waals surface area contributed by atoms with Crippen molar-refractivity contribution in [1.82, 2.24) is 24.7 Å². The lowest BCUT2D eigenvalue weighted by Gasteiger charge is -2.17. The Labute approximate surface area is 159 Å². The zero-order valence-electron chi connectivity index (χ0n) is 14.9. The highest BCUT2D eigenvalue weighted by Crippen LogP contribution is 2.39. The van der Waals surface area contributed by atoms with Crippen molar-refractivity contribution in [2.45, 2.75) is 62.9 Å². The maximum absolute atomic E-state index is 12.7. The molecule has 136 valence electrons. The van der Waals surface area contributed by atoms with Crippen molar-refractivity contribution in [2.75, 3.05) is 0 Å². The van der Waals surface area contributed by atoms with E-state index in [0.29, 0.717) is 17.7 Å². The predicted molar refractivity (Wildman–Crippen MR) is 104 cm³/mol. The van der Waals surface area contributed by atoms with E-state index in [1.807, 2.05) is 6.92 Å². The Bertz CT molecular complexity index is 1050. The van der Waals surface area contributed by atoms with Crippen LogP contribution in [0.4, 0.5) is 0 Å². The summed E-state index contributed by atoms with van der Waals surface area (Å²) in [7, 11) is 0. The van der Waals surface area contributed by atoms with Gasteiger partial charge in [0.2, 0.25) is 0 Å². The molecule has 3 heterocycles. The minimum atomic E-state index is 0.0116. The average molecular weight is 388 g/mol. The molecule has 0 aromatic carbocycles. The first-order valence-electron chi connectivity index (χ1n) is 9.18. The minimum absolute atomic E-state index is 0.0116. The third kappa shape index (κ3) is 2.79. The molecule has 6 nitrogen and oxygen atoms in total. The molecule has 0 amide bonds. The van der Waals surface area contributed by atoms with Crippen LogP contribution in [-0.4, -0.2) is 24.7 Å². The Morgan fingerprint density at radius 1 is 1.31 bits per heavy atom. The number of aromatic nitrogens is 5. The largest absolute Gasteiger partial charge is 0.309 e. The molecule has 0 unspecified atom stereocenters. The summed E-state index contributed by atoms with van der Waals surface area (Å²) in [5, 5.41) is 10.3. The molecule has 5 rings (SSSR count). The van der Waals surface area contributed by atoms with Crippen molar-refractivity contribution in [2.24, 2.45) is 5.92 Å². The first kappa shape index (κ1) is 16.5. The number of hydrogen-bond acceptors (Lipinski definition) is 6. The molecule has 2 aliphatic carbocycles. The van der Waals surface area contributed by atoms with Crippen LogP contribution in [0.2, 0.25) is 0 Å². The summed E-state index contributed by atoms with van der Waals surface area (Å²) >= 11 is 3.31. The zero-order chi connectivity index (χ0) is 17.8. The average Bonchev–Trinajstić information content (AvgIpc) is 3.27. The summed E-state index contributed by atoms with van der Waals surface area (Å²) in [4.78, 5) is 22.7. The third-order valence-electron chi connectivity index (χ3n) is 5.30. The van der Waals surface area contributed by atoms with Gasteiger partial charge >= 0.3 is 0 Å². The topological polar surface area (TPSA) is 76.5 Å². The van der Waals surface area contributed by atoms with Crippen LogP contribution < -0.4 is 5.56 Å². The summed E-state index contributed by atoms with van der Waals surface area (Å²) < 4.78 is 2.21. The lowest BCUT2D eigenvalue weighted by atomic mass is 9.89. The van der Waals surface area contributed by atoms with Crippen LogP contribution in [0.3, 0.4) is 0 Å². The van der Waals surface area contributed by atoms with Gasteiger partial charge in [-0.25, -0.2) is 4.98 Å². The number of aryl methyl sites for hydroxylation is 2. The van der Waals surface area contributed by atoms with E-state index in [1.54, 1.807) is 23.1 Å². The Morgan fingerprint density at radius 3 is 2.96 bits per heavy atom. The van der Waals surface area contributed by atoms with E-state index < -0.39 is 0 Å². The SMILES string of the molecule is Cc1nnc(SCc2nc3sc4c(c3c(=O)[nH]2)CC[C@H](C)C4)n1C1CC1. The Balaban J connectivity index is 1.44. The number of fused-ring (bicyclic) bond motifs is 3. The van der Waals surface area contributed by atoms with E-state index in [1.165, 1.54) is 23.3 Å². The number of rotatable bonds is 4. The fraction of sp³-hybridized carbons (Fsp3) is 0.556. The second kappa shape index (κ2) is 6.20. The molecule has 0 saturated heterocycles. The molecule has 3 aromatic rings. The van der Waals surface area contributed by atoms with E-state index in [2.05, 4.69) is 26.7 Å². The van der Waals surface area contributed by atoms with E-state index in [4.69, 9.17) is 4.98 Å². The number of H-pyrrole nitrogens is 1. The maximum atomic E-state index is 12.7. The van der Waals surface area contributed by atoms with Gasteiger partial charge in [0, 0.05) is 10.9 Å². The Hall–Kier alpha value is -1.67. The van der Waals surface area contributed by atoms with Gasteiger partial charge in [-0.05, 0) is 50.5 Å². The smallest absolute Gasteiger partial charge is 0.259 e. The molecule has 0 bridgehead atoms. The van der Waals surface area contributed by atoms with Crippen LogP contribution in [0.15, 0.2) is 9.95 Å². The van der Waals surface area contributed by atoms with Crippen molar-refractivity contribution >= 4 is 33.3 Å². The van der Waals surface area contributed by atoms with Crippen LogP contribution in [0, 0.1) is 12.8 Å². The summed E-state index contributed by atoms with van der Waals surface area (Å²) in [6.45, 7) is 4.28. The fourth-order valence-corrected chi connectivity index (χ4v) is 6.12. The van der Waals surface area contributed by atoms with Crippen molar-refractivity contribution < 1.29 is 0 Å².